The van der Waals surface area contributed by atoms with E-state index in [1.807, 2.05) is 55.5 Å². The summed E-state index contributed by atoms with van der Waals surface area (Å²) < 4.78 is 5.78. The number of hydrogen-bond acceptors (Lipinski definition) is 2. The van der Waals surface area contributed by atoms with Crippen LogP contribution in [0.25, 0.3) is 0 Å². The number of carbonyl (C=O) groups excluding carboxylic acids is 1. The van der Waals surface area contributed by atoms with Crippen molar-refractivity contribution in [3.8, 4) is 5.75 Å². The summed E-state index contributed by atoms with van der Waals surface area (Å²) in [5, 5.41) is 0. The molecule has 0 aliphatic rings. The monoisotopic (exact) mass is 282 g/mol. The molecule has 0 atom stereocenters. The van der Waals surface area contributed by atoms with Crippen LogP contribution in [0.4, 0.5) is 0 Å². The summed E-state index contributed by atoms with van der Waals surface area (Å²) in [6.07, 6.45) is 2.62. The minimum Gasteiger partial charge on any atom is -0.489 e. The molecule has 0 saturated carbocycles. The Morgan fingerprint density at radius 2 is 1.86 bits per heavy atom. The average Bonchev–Trinajstić information content (AvgIpc) is 2.51. The van der Waals surface area contributed by atoms with Crippen LogP contribution in [0, 0.1) is 6.92 Å². The van der Waals surface area contributed by atoms with Gasteiger partial charge in [-0.1, -0.05) is 43.7 Å². The molecular weight excluding hydrogens is 260 g/mol. The van der Waals surface area contributed by atoms with E-state index in [9.17, 15) is 4.79 Å². The topological polar surface area (TPSA) is 26.3 Å². The second-order valence-electron chi connectivity index (χ2n) is 5.28. The Morgan fingerprint density at radius 1 is 1.10 bits per heavy atom. The molecule has 0 unspecified atom stereocenters. The molecule has 0 spiro atoms. The van der Waals surface area contributed by atoms with E-state index in [0.29, 0.717) is 13.0 Å². The quantitative estimate of drug-likeness (QED) is 0.672. The fourth-order valence-corrected chi connectivity index (χ4v) is 2.25. The van der Waals surface area contributed by atoms with Gasteiger partial charge >= 0.3 is 0 Å². The van der Waals surface area contributed by atoms with Crippen LogP contribution in [0.15, 0.2) is 48.5 Å². The fraction of sp³-hybridized carbons (Fsp3) is 0.316. The van der Waals surface area contributed by atoms with E-state index in [1.165, 1.54) is 0 Å². The van der Waals surface area contributed by atoms with Gasteiger partial charge in [-0.05, 0) is 42.7 Å². The Labute approximate surface area is 126 Å². The van der Waals surface area contributed by atoms with E-state index in [2.05, 4.69) is 6.92 Å². The van der Waals surface area contributed by atoms with Gasteiger partial charge in [0, 0.05) is 12.0 Å². The van der Waals surface area contributed by atoms with Crippen LogP contribution in [0.2, 0.25) is 0 Å². The summed E-state index contributed by atoms with van der Waals surface area (Å²) in [5.41, 5.74) is 2.94. The summed E-state index contributed by atoms with van der Waals surface area (Å²) in [6, 6.07) is 15.8. The SMILES string of the molecule is CCCCC(=O)c1ccc(OCc2ccccc2)cc1C. The number of benzene rings is 2. The summed E-state index contributed by atoms with van der Waals surface area (Å²) in [5.74, 6) is 1.03. The van der Waals surface area contributed by atoms with Crippen molar-refractivity contribution in [2.24, 2.45) is 0 Å². The number of aryl methyl sites for hydroxylation is 1. The molecule has 0 fully saturated rings. The molecule has 0 radical (unpaired) electrons. The largest absolute Gasteiger partial charge is 0.489 e. The number of ether oxygens (including phenoxy) is 1. The van der Waals surface area contributed by atoms with E-state index in [1.54, 1.807) is 0 Å². The Bertz CT molecular complexity index is 588. The second-order valence-corrected chi connectivity index (χ2v) is 5.28. The average molecular weight is 282 g/mol. The Kier molecular flexibility index (Phi) is 5.56. The van der Waals surface area contributed by atoms with Crippen molar-refractivity contribution in [2.45, 2.75) is 39.7 Å². The normalized spacial score (nSPS) is 10.4. The summed E-state index contributed by atoms with van der Waals surface area (Å²) in [6.45, 7) is 4.61. The second kappa shape index (κ2) is 7.63. The minimum atomic E-state index is 0.226. The van der Waals surface area contributed by atoms with E-state index < -0.39 is 0 Å². The first-order valence-electron chi connectivity index (χ1n) is 7.51. The molecule has 110 valence electrons. The molecule has 2 nitrogen and oxygen atoms in total. The van der Waals surface area contributed by atoms with Crippen molar-refractivity contribution in [1.29, 1.82) is 0 Å². The van der Waals surface area contributed by atoms with Crippen LogP contribution in [0.3, 0.4) is 0 Å². The predicted octanol–water partition coefficient (Wildman–Crippen LogP) is 4.95. The molecule has 0 bridgehead atoms. The van der Waals surface area contributed by atoms with Gasteiger partial charge in [0.15, 0.2) is 5.78 Å². The van der Waals surface area contributed by atoms with Gasteiger partial charge in [-0.3, -0.25) is 4.79 Å². The van der Waals surface area contributed by atoms with Gasteiger partial charge in [0.2, 0.25) is 0 Å². The first kappa shape index (κ1) is 15.3. The molecule has 2 rings (SSSR count). The lowest BCUT2D eigenvalue weighted by molar-refractivity contribution is 0.0979. The zero-order chi connectivity index (χ0) is 15.1. The molecule has 0 amide bonds. The maximum absolute atomic E-state index is 12.1. The van der Waals surface area contributed by atoms with Gasteiger partial charge in [0.1, 0.15) is 12.4 Å². The van der Waals surface area contributed by atoms with E-state index in [0.717, 1.165) is 35.3 Å². The van der Waals surface area contributed by atoms with Gasteiger partial charge in [-0.15, -0.1) is 0 Å². The van der Waals surface area contributed by atoms with Crippen molar-refractivity contribution in [3.63, 3.8) is 0 Å². The lowest BCUT2D eigenvalue weighted by atomic mass is 10.0. The molecule has 0 N–H and O–H groups in total. The summed E-state index contributed by atoms with van der Waals surface area (Å²) in [4.78, 5) is 12.1. The zero-order valence-electron chi connectivity index (χ0n) is 12.8. The van der Waals surface area contributed by atoms with Crippen molar-refractivity contribution in [3.05, 3.63) is 65.2 Å². The molecule has 2 aromatic carbocycles. The molecule has 2 heteroatoms. The predicted molar refractivity (Wildman–Crippen MR) is 85.8 cm³/mol. The van der Waals surface area contributed by atoms with Gasteiger partial charge in [0.25, 0.3) is 0 Å². The number of hydrogen-bond donors (Lipinski definition) is 0. The summed E-state index contributed by atoms with van der Waals surface area (Å²) >= 11 is 0. The molecule has 0 aliphatic heterocycles. The van der Waals surface area contributed by atoms with Crippen LogP contribution >= 0.6 is 0 Å². The smallest absolute Gasteiger partial charge is 0.163 e. The van der Waals surface area contributed by atoms with Crippen LogP contribution in [0.5, 0.6) is 5.75 Å². The highest BCUT2D eigenvalue weighted by Crippen LogP contribution is 2.20. The van der Waals surface area contributed by atoms with Crippen molar-refractivity contribution >= 4 is 5.78 Å². The number of carbonyl (C=O) groups is 1. The van der Waals surface area contributed by atoms with E-state index in [4.69, 9.17) is 4.74 Å². The Morgan fingerprint density at radius 3 is 2.52 bits per heavy atom. The van der Waals surface area contributed by atoms with Crippen molar-refractivity contribution < 1.29 is 9.53 Å². The molecule has 0 heterocycles. The number of Topliss-reactive ketones (excluding diaryl/α,β-unsaturated/α-hetero) is 1. The maximum atomic E-state index is 12.1. The highest BCUT2D eigenvalue weighted by atomic mass is 16.5. The molecule has 21 heavy (non-hydrogen) atoms. The van der Waals surface area contributed by atoms with E-state index >= 15 is 0 Å². The van der Waals surface area contributed by atoms with Gasteiger partial charge in [0.05, 0.1) is 0 Å². The van der Waals surface area contributed by atoms with Gasteiger partial charge in [-0.2, -0.15) is 0 Å². The molecule has 0 aromatic heterocycles. The number of unbranched alkanes of at least 4 members (excludes halogenated alkanes) is 1. The fourth-order valence-electron chi connectivity index (χ4n) is 2.25. The highest BCUT2D eigenvalue weighted by molar-refractivity contribution is 5.97. The van der Waals surface area contributed by atoms with Gasteiger partial charge in [-0.25, -0.2) is 0 Å². The zero-order valence-corrected chi connectivity index (χ0v) is 12.8. The Balaban J connectivity index is 2.00. The standard InChI is InChI=1S/C19H22O2/c1-3-4-10-19(20)18-12-11-17(13-15(18)2)21-14-16-8-6-5-7-9-16/h5-9,11-13H,3-4,10,14H2,1-2H3. The first-order valence-corrected chi connectivity index (χ1v) is 7.51. The van der Waals surface area contributed by atoms with Crippen LogP contribution in [-0.2, 0) is 6.61 Å². The van der Waals surface area contributed by atoms with Crippen LogP contribution in [-0.4, -0.2) is 5.78 Å². The Hall–Kier alpha value is -2.09. The van der Waals surface area contributed by atoms with E-state index in [-0.39, 0.29) is 5.78 Å². The number of ketones is 1. The maximum Gasteiger partial charge on any atom is 0.163 e. The van der Waals surface area contributed by atoms with Crippen LogP contribution in [0.1, 0.15) is 47.7 Å². The van der Waals surface area contributed by atoms with Crippen molar-refractivity contribution in [2.75, 3.05) is 0 Å². The highest BCUT2D eigenvalue weighted by Gasteiger charge is 2.09. The van der Waals surface area contributed by atoms with Crippen molar-refractivity contribution in [1.82, 2.24) is 0 Å². The molecule has 2 aromatic rings. The number of rotatable bonds is 7. The third kappa shape index (κ3) is 4.45. The van der Waals surface area contributed by atoms with Gasteiger partial charge < -0.3 is 4.74 Å². The minimum absolute atomic E-state index is 0.226. The summed E-state index contributed by atoms with van der Waals surface area (Å²) in [7, 11) is 0. The lowest BCUT2D eigenvalue weighted by Crippen LogP contribution is -2.02. The first-order chi connectivity index (χ1) is 10.2. The van der Waals surface area contributed by atoms with Crippen LogP contribution < -0.4 is 4.74 Å². The third-order valence-electron chi connectivity index (χ3n) is 3.50. The third-order valence-corrected chi connectivity index (χ3v) is 3.50. The molecule has 0 aliphatic carbocycles. The lowest BCUT2D eigenvalue weighted by Gasteiger charge is -2.10. The molecule has 0 saturated heterocycles. The molecular formula is C19H22O2.